The lowest BCUT2D eigenvalue weighted by Gasteiger charge is -2.03. The van der Waals surface area contributed by atoms with Crippen LogP contribution in [-0.4, -0.2) is 11.7 Å². The zero-order chi connectivity index (χ0) is 8.43. The molecule has 1 unspecified atom stereocenters. The SMILES string of the molecule is Cc1cc(C(N)CO)c(Cl)o1. The molecular formula is C7H10ClNO2. The van der Waals surface area contributed by atoms with Gasteiger partial charge in [0.05, 0.1) is 12.6 Å². The van der Waals surface area contributed by atoms with E-state index in [1.54, 1.807) is 13.0 Å². The molecule has 0 fully saturated rings. The second-order valence-corrected chi connectivity index (χ2v) is 2.72. The Morgan fingerprint density at radius 1 is 1.82 bits per heavy atom. The maximum atomic E-state index is 8.70. The van der Waals surface area contributed by atoms with Crippen LogP contribution in [0.1, 0.15) is 17.4 Å². The Bertz CT molecular complexity index is 247. The van der Waals surface area contributed by atoms with Gasteiger partial charge in [0.25, 0.3) is 0 Å². The minimum atomic E-state index is -0.444. The van der Waals surface area contributed by atoms with E-state index in [4.69, 9.17) is 26.9 Å². The van der Waals surface area contributed by atoms with Crippen molar-refractivity contribution in [2.45, 2.75) is 13.0 Å². The summed E-state index contributed by atoms with van der Waals surface area (Å²) in [5.74, 6) is 0.703. The van der Waals surface area contributed by atoms with Crippen LogP contribution in [0.5, 0.6) is 0 Å². The lowest BCUT2D eigenvalue weighted by atomic mass is 10.2. The highest BCUT2D eigenvalue weighted by Crippen LogP contribution is 2.24. The van der Waals surface area contributed by atoms with Crippen LogP contribution in [0, 0.1) is 6.92 Å². The summed E-state index contributed by atoms with van der Waals surface area (Å²) >= 11 is 5.66. The Kier molecular flexibility index (Phi) is 2.54. The van der Waals surface area contributed by atoms with E-state index in [-0.39, 0.29) is 11.8 Å². The molecule has 0 aliphatic rings. The van der Waals surface area contributed by atoms with Crippen molar-refractivity contribution in [3.05, 3.63) is 22.6 Å². The zero-order valence-electron chi connectivity index (χ0n) is 6.17. The fourth-order valence-corrected chi connectivity index (χ4v) is 1.17. The number of aliphatic hydroxyl groups is 1. The van der Waals surface area contributed by atoms with Crippen LogP contribution < -0.4 is 5.73 Å². The molecule has 11 heavy (non-hydrogen) atoms. The first-order valence-electron chi connectivity index (χ1n) is 3.27. The topological polar surface area (TPSA) is 59.4 Å². The van der Waals surface area contributed by atoms with Crippen molar-refractivity contribution in [3.8, 4) is 0 Å². The number of halogens is 1. The van der Waals surface area contributed by atoms with Gasteiger partial charge in [-0.2, -0.15) is 0 Å². The number of hydrogen-bond acceptors (Lipinski definition) is 3. The predicted octanol–water partition coefficient (Wildman–Crippen LogP) is 1.23. The normalized spacial score (nSPS) is 13.5. The molecule has 3 nitrogen and oxygen atoms in total. The largest absolute Gasteiger partial charge is 0.450 e. The third kappa shape index (κ3) is 1.74. The van der Waals surface area contributed by atoms with E-state index >= 15 is 0 Å². The van der Waals surface area contributed by atoms with Crippen LogP contribution in [0.3, 0.4) is 0 Å². The van der Waals surface area contributed by atoms with E-state index in [0.717, 1.165) is 0 Å². The van der Waals surface area contributed by atoms with E-state index in [0.29, 0.717) is 11.3 Å². The van der Waals surface area contributed by atoms with Gasteiger partial charge in [-0.25, -0.2) is 0 Å². The number of nitrogens with two attached hydrogens (primary N) is 1. The smallest absolute Gasteiger partial charge is 0.198 e. The van der Waals surface area contributed by atoms with Crippen LogP contribution in [-0.2, 0) is 0 Å². The molecule has 1 heterocycles. The molecule has 0 saturated carbocycles. The monoisotopic (exact) mass is 175 g/mol. The van der Waals surface area contributed by atoms with Gasteiger partial charge in [0, 0.05) is 5.56 Å². The molecular weight excluding hydrogens is 166 g/mol. The van der Waals surface area contributed by atoms with Crippen LogP contribution >= 0.6 is 11.6 Å². The highest BCUT2D eigenvalue weighted by atomic mass is 35.5. The first-order chi connectivity index (χ1) is 5.15. The number of hydrogen-bond donors (Lipinski definition) is 2. The van der Waals surface area contributed by atoms with E-state index in [9.17, 15) is 0 Å². The quantitative estimate of drug-likeness (QED) is 0.711. The van der Waals surface area contributed by atoms with Gasteiger partial charge >= 0.3 is 0 Å². The molecule has 0 spiro atoms. The van der Waals surface area contributed by atoms with Gasteiger partial charge in [0.2, 0.25) is 0 Å². The summed E-state index contributed by atoms with van der Waals surface area (Å²) in [7, 11) is 0. The molecule has 0 aliphatic heterocycles. The maximum Gasteiger partial charge on any atom is 0.198 e. The summed E-state index contributed by atoms with van der Waals surface area (Å²) in [5, 5.41) is 8.96. The zero-order valence-corrected chi connectivity index (χ0v) is 6.93. The average Bonchev–Trinajstić information content (AvgIpc) is 2.28. The fourth-order valence-electron chi connectivity index (χ4n) is 0.857. The summed E-state index contributed by atoms with van der Waals surface area (Å²) in [6.07, 6.45) is 0. The number of aliphatic hydroxyl groups excluding tert-OH is 1. The maximum absolute atomic E-state index is 8.70. The lowest BCUT2D eigenvalue weighted by molar-refractivity contribution is 0.267. The molecule has 0 aliphatic carbocycles. The molecule has 0 amide bonds. The van der Waals surface area contributed by atoms with Crippen molar-refractivity contribution in [1.29, 1.82) is 0 Å². The van der Waals surface area contributed by atoms with Gasteiger partial charge in [-0.1, -0.05) is 0 Å². The van der Waals surface area contributed by atoms with Gasteiger partial charge in [0.15, 0.2) is 5.22 Å². The van der Waals surface area contributed by atoms with Crippen LogP contribution in [0.25, 0.3) is 0 Å². The van der Waals surface area contributed by atoms with Gasteiger partial charge < -0.3 is 15.3 Å². The first-order valence-corrected chi connectivity index (χ1v) is 3.65. The van der Waals surface area contributed by atoms with Gasteiger partial charge in [-0.3, -0.25) is 0 Å². The molecule has 1 aromatic rings. The fraction of sp³-hybridized carbons (Fsp3) is 0.429. The Morgan fingerprint density at radius 3 is 2.82 bits per heavy atom. The van der Waals surface area contributed by atoms with Crippen molar-refractivity contribution in [2.24, 2.45) is 5.73 Å². The molecule has 0 radical (unpaired) electrons. The van der Waals surface area contributed by atoms with Gasteiger partial charge in [-0.15, -0.1) is 0 Å². The summed E-state index contributed by atoms with van der Waals surface area (Å²) in [4.78, 5) is 0. The van der Waals surface area contributed by atoms with Crippen molar-refractivity contribution < 1.29 is 9.52 Å². The van der Waals surface area contributed by atoms with Gasteiger partial charge in [0.1, 0.15) is 5.76 Å². The van der Waals surface area contributed by atoms with Crippen molar-refractivity contribution >= 4 is 11.6 Å². The summed E-state index contributed by atoms with van der Waals surface area (Å²) in [5.41, 5.74) is 6.17. The summed E-state index contributed by atoms with van der Waals surface area (Å²) in [6, 6.07) is 1.28. The molecule has 4 heteroatoms. The van der Waals surface area contributed by atoms with E-state index in [2.05, 4.69) is 0 Å². The van der Waals surface area contributed by atoms with Crippen LogP contribution in [0.4, 0.5) is 0 Å². The Morgan fingerprint density at radius 2 is 2.45 bits per heavy atom. The van der Waals surface area contributed by atoms with Crippen molar-refractivity contribution in [2.75, 3.05) is 6.61 Å². The van der Waals surface area contributed by atoms with Crippen molar-refractivity contribution in [3.63, 3.8) is 0 Å². The molecule has 1 aromatic heterocycles. The lowest BCUT2D eigenvalue weighted by Crippen LogP contribution is -2.13. The summed E-state index contributed by atoms with van der Waals surface area (Å²) in [6.45, 7) is 1.65. The van der Waals surface area contributed by atoms with E-state index in [1.807, 2.05) is 0 Å². The average molecular weight is 176 g/mol. The standard InChI is InChI=1S/C7H10ClNO2/c1-4-2-5(6(9)3-10)7(8)11-4/h2,6,10H,3,9H2,1H3. The molecule has 3 N–H and O–H groups in total. The Hall–Kier alpha value is -0.510. The molecule has 1 atom stereocenters. The number of rotatable bonds is 2. The Labute approximate surface area is 69.8 Å². The van der Waals surface area contributed by atoms with E-state index in [1.165, 1.54) is 0 Å². The molecule has 62 valence electrons. The predicted molar refractivity (Wildman–Crippen MR) is 42.5 cm³/mol. The molecule has 1 rings (SSSR count). The highest BCUT2D eigenvalue weighted by Gasteiger charge is 2.12. The molecule has 0 bridgehead atoms. The Balaban J connectivity index is 2.93. The molecule has 0 aromatic carbocycles. The van der Waals surface area contributed by atoms with Crippen molar-refractivity contribution in [1.82, 2.24) is 0 Å². The minimum Gasteiger partial charge on any atom is -0.450 e. The van der Waals surface area contributed by atoms with Crippen LogP contribution in [0.15, 0.2) is 10.5 Å². The number of furan rings is 1. The third-order valence-electron chi connectivity index (χ3n) is 1.43. The minimum absolute atomic E-state index is 0.126. The highest BCUT2D eigenvalue weighted by molar-refractivity contribution is 6.29. The second kappa shape index (κ2) is 3.26. The summed E-state index contributed by atoms with van der Waals surface area (Å²) < 4.78 is 5.01. The molecule has 0 saturated heterocycles. The van der Waals surface area contributed by atoms with Crippen LogP contribution in [0.2, 0.25) is 5.22 Å². The first kappa shape index (κ1) is 8.59. The third-order valence-corrected chi connectivity index (χ3v) is 1.73. The van der Waals surface area contributed by atoms with E-state index < -0.39 is 6.04 Å². The number of aryl methyl sites for hydroxylation is 1. The van der Waals surface area contributed by atoms with Gasteiger partial charge in [-0.05, 0) is 24.6 Å². The second-order valence-electron chi connectivity index (χ2n) is 2.38.